The molecular formula is C20H22F2N6. The number of halogens is 2. The van der Waals surface area contributed by atoms with E-state index in [0.717, 1.165) is 25.9 Å². The minimum absolute atomic E-state index is 0.320. The number of alkyl halides is 1. The quantitative estimate of drug-likeness (QED) is 0.752. The molecule has 1 atom stereocenters. The SMILES string of the molecule is Fc1cnc2ccc(N3CC[C@H](F)C3)nc2c1-c1cnn(C2CCNCC2)c1. The van der Waals surface area contributed by atoms with E-state index in [1.165, 1.54) is 6.20 Å². The lowest BCUT2D eigenvalue weighted by atomic mass is 10.1. The standard InChI is InChI=1S/C20H22F2N6/c21-14-5-8-27(12-14)18-2-1-17-20(26-18)19(16(22)10-24-17)13-9-25-28(11-13)15-3-6-23-7-4-15/h1-2,9-11,14-15,23H,3-8,12H2/t14-/m0/s1. The van der Waals surface area contributed by atoms with Gasteiger partial charge in [0.15, 0.2) is 5.82 Å². The summed E-state index contributed by atoms with van der Waals surface area (Å²) < 4.78 is 30.3. The molecule has 146 valence electrons. The fraction of sp³-hybridized carbons (Fsp3) is 0.450. The van der Waals surface area contributed by atoms with E-state index in [4.69, 9.17) is 0 Å². The first-order valence-corrected chi connectivity index (χ1v) is 9.78. The van der Waals surface area contributed by atoms with Gasteiger partial charge < -0.3 is 10.2 Å². The molecule has 0 radical (unpaired) electrons. The van der Waals surface area contributed by atoms with E-state index in [0.29, 0.717) is 53.5 Å². The highest BCUT2D eigenvalue weighted by Crippen LogP contribution is 2.32. The Hall–Kier alpha value is -2.61. The number of fused-ring (bicyclic) bond motifs is 1. The third-order valence-electron chi connectivity index (χ3n) is 5.68. The predicted octanol–water partition coefficient (Wildman–Crippen LogP) is 3.11. The maximum atomic E-state index is 14.8. The molecule has 0 saturated carbocycles. The molecule has 0 unspecified atom stereocenters. The number of anilines is 1. The van der Waals surface area contributed by atoms with Crippen molar-refractivity contribution in [1.82, 2.24) is 25.1 Å². The zero-order chi connectivity index (χ0) is 19.1. The van der Waals surface area contributed by atoms with E-state index in [-0.39, 0.29) is 0 Å². The summed E-state index contributed by atoms with van der Waals surface area (Å²) in [6.45, 7) is 2.86. The maximum absolute atomic E-state index is 14.8. The smallest absolute Gasteiger partial charge is 0.151 e. The molecule has 2 aliphatic rings. The third-order valence-corrected chi connectivity index (χ3v) is 5.68. The molecule has 3 aromatic rings. The molecular weight excluding hydrogens is 362 g/mol. The van der Waals surface area contributed by atoms with Crippen LogP contribution in [0.25, 0.3) is 22.2 Å². The number of aromatic nitrogens is 4. The number of hydrogen-bond acceptors (Lipinski definition) is 5. The van der Waals surface area contributed by atoms with E-state index in [2.05, 4.69) is 20.4 Å². The van der Waals surface area contributed by atoms with E-state index < -0.39 is 12.0 Å². The Morgan fingerprint density at radius 1 is 1.11 bits per heavy atom. The molecule has 0 spiro atoms. The predicted molar refractivity (Wildman–Crippen MR) is 104 cm³/mol. The zero-order valence-corrected chi connectivity index (χ0v) is 15.5. The summed E-state index contributed by atoms with van der Waals surface area (Å²) >= 11 is 0. The Morgan fingerprint density at radius 3 is 2.75 bits per heavy atom. The van der Waals surface area contributed by atoms with Crippen LogP contribution in [0.1, 0.15) is 25.3 Å². The Kier molecular flexibility index (Phi) is 4.43. The Balaban J connectivity index is 1.56. The van der Waals surface area contributed by atoms with Crippen LogP contribution in [0.5, 0.6) is 0 Å². The minimum Gasteiger partial charge on any atom is -0.354 e. The van der Waals surface area contributed by atoms with Crippen LogP contribution in [-0.2, 0) is 0 Å². The van der Waals surface area contributed by atoms with Crippen molar-refractivity contribution in [1.29, 1.82) is 0 Å². The summed E-state index contributed by atoms with van der Waals surface area (Å²) in [6, 6.07) is 3.97. The maximum Gasteiger partial charge on any atom is 0.151 e. The van der Waals surface area contributed by atoms with Gasteiger partial charge in [-0.1, -0.05) is 0 Å². The van der Waals surface area contributed by atoms with Gasteiger partial charge in [0.1, 0.15) is 17.5 Å². The highest BCUT2D eigenvalue weighted by Gasteiger charge is 2.24. The van der Waals surface area contributed by atoms with Crippen molar-refractivity contribution in [2.75, 3.05) is 31.1 Å². The molecule has 0 aliphatic carbocycles. The summed E-state index contributed by atoms with van der Waals surface area (Å²) in [7, 11) is 0. The first kappa shape index (κ1) is 17.5. The van der Waals surface area contributed by atoms with E-state index >= 15 is 0 Å². The molecule has 2 aliphatic heterocycles. The molecule has 2 saturated heterocycles. The Labute approximate surface area is 161 Å². The fourth-order valence-electron chi connectivity index (χ4n) is 4.15. The van der Waals surface area contributed by atoms with E-state index in [9.17, 15) is 8.78 Å². The second-order valence-corrected chi connectivity index (χ2v) is 7.54. The van der Waals surface area contributed by atoms with Crippen LogP contribution in [0.3, 0.4) is 0 Å². The number of nitrogens with zero attached hydrogens (tertiary/aromatic N) is 5. The summed E-state index contributed by atoms with van der Waals surface area (Å²) in [5.41, 5.74) is 2.20. The van der Waals surface area contributed by atoms with Crippen LogP contribution >= 0.6 is 0 Å². The average molecular weight is 384 g/mol. The van der Waals surface area contributed by atoms with Crippen LogP contribution < -0.4 is 10.2 Å². The van der Waals surface area contributed by atoms with Gasteiger partial charge in [0.25, 0.3) is 0 Å². The number of hydrogen-bond donors (Lipinski definition) is 1. The molecule has 8 heteroatoms. The van der Waals surface area contributed by atoms with Crippen molar-refractivity contribution >= 4 is 16.9 Å². The van der Waals surface area contributed by atoms with Crippen LogP contribution in [0.4, 0.5) is 14.6 Å². The van der Waals surface area contributed by atoms with Crippen LogP contribution in [0.15, 0.2) is 30.7 Å². The highest BCUT2D eigenvalue weighted by atomic mass is 19.1. The molecule has 0 aromatic carbocycles. The summed E-state index contributed by atoms with van der Waals surface area (Å²) in [5, 5.41) is 7.83. The lowest BCUT2D eigenvalue weighted by Gasteiger charge is -2.22. The van der Waals surface area contributed by atoms with Gasteiger partial charge in [0.2, 0.25) is 0 Å². The molecule has 1 N–H and O–H groups in total. The van der Waals surface area contributed by atoms with Crippen LogP contribution in [-0.4, -0.2) is 52.1 Å². The van der Waals surface area contributed by atoms with Crippen molar-refractivity contribution in [3.63, 3.8) is 0 Å². The average Bonchev–Trinajstić information content (AvgIpc) is 3.37. The lowest BCUT2D eigenvalue weighted by molar-refractivity contribution is 0.343. The molecule has 5 heterocycles. The van der Waals surface area contributed by atoms with Crippen LogP contribution in [0, 0.1) is 5.82 Å². The molecule has 6 nitrogen and oxygen atoms in total. The van der Waals surface area contributed by atoms with Gasteiger partial charge in [0, 0.05) is 18.3 Å². The first-order chi connectivity index (χ1) is 13.7. The first-order valence-electron chi connectivity index (χ1n) is 9.78. The van der Waals surface area contributed by atoms with Crippen molar-refractivity contribution in [3.05, 3.63) is 36.5 Å². The Bertz CT molecular complexity index is 998. The van der Waals surface area contributed by atoms with E-state index in [1.54, 1.807) is 6.20 Å². The molecule has 0 amide bonds. The minimum atomic E-state index is -0.842. The monoisotopic (exact) mass is 384 g/mol. The van der Waals surface area contributed by atoms with Crippen molar-refractivity contribution in [2.45, 2.75) is 31.5 Å². The lowest BCUT2D eigenvalue weighted by Crippen LogP contribution is -2.29. The second kappa shape index (κ2) is 7.09. The normalized spacial score (nSPS) is 20.9. The van der Waals surface area contributed by atoms with Gasteiger partial charge in [0.05, 0.1) is 36.1 Å². The van der Waals surface area contributed by atoms with Crippen molar-refractivity contribution in [3.8, 4) is 11.1 Å². The Morgan fingerprint density at radius 2 is 1.96 bits per heavy atom. The van der Waals surface area contributed by atoms with Gasteiger partial charge in [-0.25, -0.2) is 13.8 Å². The number of pyridine rings is 2. The van der Waals surface area contributed by atoms with E-state index in [1.807, 2.05) is 27.9 Å². The number of piperidine rings is 1. The molecule has 3 aromatic heterocycles. The molecule has 28 heavy (non-hydrogen) atoms. The number of nitrogens with one attached hydrogen (secondary N) is 1. The highest BCUT2D eigenvalue weighted by molar-refractivity contribution is 5.92. The fourth-order valence-corrected chi connectivity index (χ4v) is 4.15. The van der Waals surface area contributed by atoms with Gasteiger partial charge in [-0.15, -0.1) is 0 Å². The molecule has 5 rings (SSSR count). The van der Waals surface area contributed by atoms with Gasteiger partial charge in [-0.05, 0) is 44.5 Å². The van der Waals surface area contributed by atoms with Crippen molar-refractivity contribution in [2.24, 2.45) is 0 Å². The summed E-state index contributed by atoms with van der Waals surface area (Å²) in [5.74, 6) is 0.235. The third kappa shape index (κ3) is 3.11. The second-order valence-electron chi connectivity index (χ2n) is 7.54. The summed E-state index contributed by atoms with van der Waals surface area (Å²) in [4.78, 5) is 10.7. The summed E-state index contributed by atoms with van der Waals surface area (Å²) in [6.07, 6.45) is 6.49. The van der Waals surface area contributed by atoms with Gasteiger partial charge >= 0.3 is 0 Å². The van der Waals surface area contributed by atoms with Crippen molar-refractivity contribution < 1.29 is 8.78 Å². The topological polar surface area (TPSA) is 58.9 Å². The van der Waals surface area contributed by atoms with Gasteiger partial charge in [-0.3, -0.25) is 9.67 Å². The molecule has 0 bridgehead atoms. The molecule has 2 fully saturated rings. The number of rotatable bonds is 3. The largest absolute Gasteiger partial charge is 0.354 e. The zero-order valence-electron chi connectivity index (χ0n) is 15.5. The van der Waals surface area contributed by atoms with Crippen LogP contribution in [0.2, 0.25) is 0 Å². The van der Waals surface area contributed by atoms with Gasteiger partial charge in [-0.2, -0.15) is 5.10 Å².